The lowest BCUT2D eigenvalue weighted by molar-refractivity contribution is -0.122. The Balaban J connectivity index is 0.000000755. The molecule has 2 aliphatic rings. The van der Waals surface area contributed by atoms with Crippen LogP contribution in [0.2, 0.25) is 0 Å². The molecule has 1 saturated carbocycles. The van der Waals surface area contributed by atoms with E-state index in [-0.39, 0.29) is 18.4 Å². The highest BCUT2D eigenvalue weighted by atomic mass is 32.2. The molecular weight excluding hydrogens is 396 g/mol. The molecule has 10 heteroatoms. The van der Waals surface area contributed by atoms with Gasteiger partial charge in [0, 0.05) is 42.1 Å². The lowest BCUT2D eigenvalue weighted by Gasteiger charge is -2.54. The van der Waals surface area contributed by atoms with E-state index in [1.54, 1.807) is 25.1 Å². The van der Waals surface area contributed by atoms with E-state index < -0.39 is 10.2 Å². The second-order valence-electron chi connectivity index (χ2n) is 7.52. The van der Waals surface area contributed by atoms with Crippen molar-refractivity contribution in [2.75, 3.05) is 13.1 Å². The van der Waals surface area contributed by atoms with Crippen molar-refractivity contribution in [2.24, 2.45) is 10.6 Å². The molecule has 2 aromatic rings. The van der Waals surface area contributed by atoms with E-state index >= 15 is 0 Å². The first-order valence-electron chi connectivity index (χ1n) is 9.10. The van der Waals surface area contributed by atoms with Gasteiger partial charge in [0.15, 0.2) is 0 Å². The fourth-order valence-electron chi connectivity index (χ4n) is 4.00. The molecule has 5 N–H and O–H groups in total. The predicted octanol–water partition coefficient (Wildman–Crippen LogP) is 0.698. The van der Waals surface area contributed by atoms with E-state index in [2.05, 4.69) is 10.6 Å². The van der Waals surface area contributed by atoms with Gasteiger partial charge in [-0.3, -0.25) is 9.59 Å². The summed E-state index contributed by atoms with van der Waals surface area (Å²) in [6, 6.07) is 9.13. The first kappa shape index (κ1) is 21.0. The Bertz CT molecular complexity index is 1000. The van der Waals surface area contributed by atoms with Crippen LogP contribution in [0.3, 0.4) is 0 Å². The van der Waals surface area contributed by atoms with Gasteiger partial charge in [-0.25, -0.2) is 9.11 Å². The summed E-state index contributed by atoms with van der Waals surface area (Å²) in [6.45, 7) is 3.57. The minimum Gasteiger partial charge on any atom is -0.483 e. The predicted molar refractivity (Wildman–Crippen MR) is 108 cm³/mol. The van der Waals surface area contributed by atoms with Crippen LogP contribution in [0.15, 0.2) is 36.5 Å². The molecule has 1 amide bonds. The highest BCUT2D eigenvalue weighted by Gasteiger charge is 2.48. The first-order valence-corrected chi connectivity index (χ1v) is 10.6. The van der Waals surface area contributed by atoms with Crippen LogP contribution in [0.5, 0.6) is 0 Å². The van der Waals surface area contributed by atoms with Gasteiger partial charge in [0.05, 0.1) is 0 Å². The van der Waals surface area contributed by atoms with Gasteiger partial charge in [-0.05, 0) is 48.9 Å². The Morgan fingerprint density at radius 2 is 1.86 bits per heavy atom. The van der Waals surface area contributed by atoms with Gasteiger partial charge in [-0.15, -0.1) is 0 Å². The van der Waals surface area contributed by atoms with Crippen LogP contribution in [0.4, 0.5) is 0 Å². The maximum atomic E-state index is 12.4. The fraction of sp³-hybridized carbons (Fsp3) is 0.368. The minimum absolute atomic E-state index is 0.0671. The molecule has 0 bridgehead atoms. The standard InChI is InChI=1S/C18H22N4O3S.CH2O2/c1-12-16(6-7-22(12)26(19,24)25)13-2-4-14(5-3-13)17(23)21-15-8-18(9-15)10-20-11-18;2-1-3/h2-7,15,20H,8-11H2,1H3,(H,21,23)(H2,19,24,25);1H,(H,2,3). The summed E-state index contributed by atoms with van der Waals surface area (Å²) in [5.74, 6) is -0.0671. The van der Waals surface area contributed by atoms with Crippen molar-refractivity contribution in [3.05, 3.63) is 47.8 Å². The Morgan fingerprint density at radius 1 is 1.28 bits per heavy atom. The zero-order valence-corrected chi connectivity index (χ0v) is 16.8. The van der Waals surface area contributed by atoms with Crippen LogP contribution in [0.25, 0.3) is 11.1 Å². The van der Waals surface area contributed by atoms with Crippen molar-refractivity contribution in [3.63, 3.8) is 0 Å². The van der Waals surface area contributed by atoms with Gasteiger partial charge in [0.1, 0.15) is 0 Å². The van der Waals surface area contributed by atoms with Gasteiger partial charge in [-0.1, -0.05) is 12.1 Å². The SMILES string of the molecule is Cc1c(-c2ccc(C(=O)NC3CC4(CNC4)C3)cc2)ccn1S(N)(=O)=O.O=CO. The van der Waals surface area contributed by atoms with Crippen molar-refractivity contribution in [1.29, 1.82) is 0 Å². The number of nitrogens with zero attached hydrogens (tertiary/aromatic N) is 1. The maximum absolute atomic E-state index is 12.4. The molecule has 156 valence electrons. The summed E-state index contributed by atoms with van der Waals surface area (Å²) < 4.78 is 24.1. The molecule has 1 aromatic heterocycles. The van der Waals surface area contributed by atoms with Crippen molar-refractivity contribution in [2.45, 2.75) is 25.8 Å². The zero-order valence-electron chi connectivity index (χ0n) is 16.0. The number of carbonyl (C=O) groups excluding carboxylic acids is 1. The smallest absolute Gasteiger partial charge is 0.302 e. The van der Waals surface area contributed by atoms with Crippen LogP contribution in [-0.4, -0.2) is 49.0 Å². The molecule has 0 unspecified atom stereocenters. The largest absolute Gasteiger partial charge is 0.483 e. The van der Waals surface area contributed by atoms with Crippen molar-refractivity contribution in [3.8, 4) is 11.1 Å². The summed E-state index contributed by atoms with van der Waals surface area (Å²) in [7, 11) is -3.81. The topological polar surface area (TPSA) is 144 Å². The second kappa shape index (κ2) is 7.97. The average Bonchev–Trinajstić information content (AvgIpc) is 2.98. The quantitative estimate of drug-likeness (QED) is 0.536. The molecular formula is C19H24N4O5S. The number of carboxylic acid groups (broad SMARTS) is 1. The molecule has 4 rings (SSSR count). The summed E-state index contributed by atoms with van der Waals surface area (Å²) in [4.78, 5) is 20.7. The Morgan fingerprint density at radius 3 is 2.31 bits per heavy atom. The minimum atomic E-state index is -3.81. The number of rotatable bonds is 4. The molecule has 9 nitrogen and oxygen atoms in total. The molecule has 1 aliphatic heterocycles. The maximum Gasteiger partial charge on any atom is 0.302 e. The van der Waals surface area contributed by atoms with Crippen molar-refractivity contribution >= 4 is 22.6 Å². The highest BCUT2D eigenvalue weighted by molar-refractivity contribution is 7.87. The molecule has 2 heterocycles. The van der Waals surface area contributed by atoms with Gasteiger partial charge in [0.2, 0.25) is 0 Å². The van der Waals surface area contributed by atoms with E-state index in [9.17, 15) is 13.2 Å². The number of nitrogens with two attached hydrogens (primary N) is 1. The number of benzene rings is 1. The summed E-state index contributed by atoms with van der Waals surface area (Å²) in [5.41, 5.74) is 3.17. The van der Waals surface area contributed by atoms with E-state index in [0.29, 0.717) is 16.7 Å². The number of carbonyl (C=O) groups is 2. The zero-order chi connectivity index (χ0) is 21.2. The van der Waals surface area contributed by atoms with E-state index in [1.807, 2.05) is 12.1 Å². The van der Waals surface area contributed by atoms with E-state index in [1.165, 1.54) is 6.20 Å². The van der Waals surface area contributed by atoms with Crippen molar-refractivity contribution < 1.29 is 23.1 Å². The molecule has 29 heavy (non-hydrogen) atoms. The number of hydrogen-bond donors (Lipinski definition) is 4. The number of aromatic nitrogens is 1. The summed E-state index contributed by atoms with van der Waals surface area (Å²) >= 11 is 0. The lowest BCUT2D eigenvalue weighted by atomic mass is 9.61. The molecule has 1 saturated heterocycles. The average molecular weight is 420 g/mol. The first-order chi connectivity index (χ1) is 13.7. The van der Waals surface area contributed by atoms with Gasteiger partial charge in [-0.2, -0.15) is 8.42 Å². The molecule has 0 radical (unpaired) electrons. The third kappa shape index (κ3) is 4.34. The normalized spacial score (nSPS) is 17.4. The number of amides is 1. The van der Waals surface area contributed by atoms with Crippen molar-refractivity contribution in [1.82, 2.24) is 14.6 Å². The van der Waals surface area contributed by atoms with Crippen LogP contribution in [0.1, 0.15) is 28.9 Å². The Hall–Kier alpha value is -2.69. The van der Waals surface area contributed by atoms with E-state index in [4.69, 9.17) is 15.0 Å². The molecule has 2 fully saturated rings. The Kier molecular flexibility index (Phi) is 5.78. The monoisotopic (exact) mass is 420 g/mol. The van der Waals surface area contributed by atoms with Crippen LogP contribution >= 0.6 is 0 Å². The highest BCUT2D eigenvalue weighted by Crippen LogP contribution is 2.44. The summed E-state index contributed by atoms with van der Waals surface area (Å²) in [5, 5.41) is 18.4. The Labute approximate surface area is 169 Å². The van der Waals surface area contributed by atoms with Crippen LogP contribution < -0.4 is 15.8 Å². The lowest BCUT2D eigenvalue weighted by Crippen LogP contribution is -2.65. The van der Waals surface area contributed by atoms with E-state index in [0.717, 1.165) is 41.0 Å². The third-order valence-corrected chi connectivity index (χ3v) is 6.47. The van der Waals surface area contributed by atoms with Crippen LogP contribution in [-0.2, 0) is 15.0 Å². The van der Waals surface area contributed by atoms with Crippen LogP contribution in [0, 0.1) is 12.3 Å². The third-order valence-electron chi connectivity index (χ3n) is 5.52. The van der Waals surface area contributed by atoms with Gasteiger partial charge < -0.3 is 15.7 Å². The second-order valence-corrected chi connectivity index (χ2v) is 8.94. The molecule has 1 aromatic carbocycles. The summed E-state index contributed by atoms with van der Waals surface area (Å²) in [6.07, 6.45) is 3.52. The van der Waals surface area contributed by atoms with Gasteiger partial charge in [0.25, 0.3) is 12.4 Å². The van der Waals surface area contributed by atoms with Gasteiger partial charge >= 0.3 is 10.2 Å². The fourth-order valence-corrected chi connectivity index (χ4v) is 4.71. The number of nitrogens with one attached hydrogen (secondary N) is 2. The number of hydrogen-bond acceptors (Lipinski definition) is 5. The molecule has 1 aliphatic carbocycles. The molecule has 0 atom stereocenters. The molecule has 1 spiro atoms.